The van der Waals surface area contributed by atoms with Gasteiger partial charge in [0.05, 0.1) is 0 Å². The molecule has 2 rings (SSSR count). The molecule has 0 radical (unpaired) electrons. The van der Waals surface area contributed by atoms with Crippen molar-refractivity contribution in [2.24, 2.45) is 0 Å². The van der Waals surface area contributed by atoms with Crippen LogP contribution in [0.15, 0.2) is 39.4 Å². The molecule has 2 nitrogen and oxygen atoms in total. The number of furan rings is 1. The molecule has 0 saturated carbocycles. The first-order valence-electron chi connectivity index (χ1n) is 4.78. The number of carbonyl (C=O) groups is 1. The van der Waals surface area contributed by atoms with E-state index in [0.717, 1.165) is 18.2 Å². The molecule has 0 N–H and O–H groups in total. The molecule has 0 saturated heterocycles. The fourth-order valence-electron chi connectivity index (χ4n) is 1.45. The van der Waals surface area contributed by atoms with E-state index in [1.807, 2.05) is 0 Å². The van der Waals surface area contributed by atoms with E-state index >= 15 is 0 Å². The predicted molar refractivity (Wildman–Crippen MR) is 60.8 cm³/mol. The van der Waals surface area contributed by atoms with E-state index in [-0.39, 0.29) is 23.5 Å². The summed E-state index contributed by atoms with van der Waals surface area (Å²) >= 11 is 3.07. The Labute approximate surface area is 104 Å². The maximum Gasteiger partial charge on any atom is 0.202 e. The molecule has 0 atom stereocenters. The third-order valence-electron chi connectivity index (χ3n) is 2.14. The molecule has 17 heavy (non-hydrogen) atoms. The summed E-state index contributed by atoms with van der Waals surface area (Å²) in [6.07, 6.45) is -0.103. The summed E-state index contributed by atoms with van der Waals surface area (Å²) in [5, 5.41) is 0. The van der Waals surface area contributed by atoms with Gasteiger partial charge in [0.2, 0.25) is 5.78 Å². The van der Waals surface area contributed by atoms with Gasteiger partial charge in [0.15, 0.2) is 10.4 Å². The van der Waals surface area contributed by atoms with Gasteiger partial charge in [0.1, 0.15) is 11.6 Å². The van der Waals surface area contributed by atoms with Gasteiger partial charge in [-0.3, -0.25) is 4.79 Å². The van der Waals surface area contributed by atoms with E-state index in [0.29, 0.717) is 4.67 Å². The van der Waals surface area contributed by atoms with Crippen LogP contribution in [0.25, 0.3) is 0 Å². The number of halogens is 3. The van der Waals surface area contributed by atoms with E-state index in [2.05, 4.69) is 15.9 Å². The van der Waals surface area contributed by atoms with Crippen molar-refractivity contribution in [3.8, 4) is 0 Å². The average molecular weight is 301 g/mol. The van der Waals surface area contributed by atoms with Crippen LogP contribution in [-0.4, -0.2) is 5.78 Å². The van der Waals surface area contributed by atoms with Crippen molar-refractivity contribution in [3.63, 3.8) is 0 Å². The van der Waals surface area contributed by atoms with Crippen LogP contribution < -0.4 is 0 Å². The third kappa shape index (κ3) is 3.00. The summed E-state index contributed by atoms with van der Waals surface area (Å²) < 4.78 is 31.3. The van der Waals surface area contributed by atoms with Crippen molar-refractivity contribution in [1.29, 1.82) is 0 Å². The Morgan fingerprint density at radius 3 is 2.35 bits per heavy atom. The molecular formula is C12H7BrF2O2. The lowest BCUT2D eigenvalue weighted by Crippen LogP contribution is -2.02. The van der Waals surface area contributed by atoms with Gasteiger partial charge in [-0.2, -0.15) is 0 Å². The van der Waals surface area contributed by atoms with Gasteiger partial charge < -0.3 is 4.42 Å². The van der Waals surface area contributed by atoms with Crippen LogP contribution in [0, 0.1) is 11.6 Å². The smallest absolute Gasteiger partial charge is 0.202 e. The van der Waals surface area contributed by atoms with Crippen molar-refractivity contribution in [1.82, 2.24) is 0 Å². The maximum atomic E-state index is 12.9. The van der Waals surface area contributed by atoms with Crippen LogP contribution in [-0.2, 0) is 6.42 Å². The highest BCUT2D eigenvalue weighted by atomic mass is 79.9. The molecule has 2 aromatic rings. The lowest BCUT2D eigenvalue weighted by molar-refractivity contribution is 0.0965. The van der Waals surface area contributed by atoms with E-state index in [9.17, 15) is 13.6 Å². The van der Waals surface area contributed by atoms with E-state index in [1.54, 1.807) is 6.07 Å². The number of carbonyl (C=O) groups excluding carboxylic acids is 1. The fraction of sp³-hybridized carbons (Fsp3) is 0.0833. The number of rotatable bonds is 3. The first kappa shape index (κ1) is 12.0. The Bertz CT molecular complexity index is 543. The Morgan fingerprint density at radius 1 is 1.18 bits per heavy atom. The zero-order valence-corrected chi connectivity index (χ0v) is 10.1. The Balaban J connectivity index is 2.18. The third-order valence-corrected chi connectivity index (χ3v) is 2.56. The zero-order chi connectivity index (χ0) is 12.4. The monoisotopic (exact) mass is 300 g/mol. The van der Waals surface area contributed by atoms with E-state index in [4.69, 9.17) is 4.42 Å². The molecule has 0 amide bonds. The Morgan fingerprint density at radius 2 is 1.82 bits per heavy atom. The molecule has 0 aliphatic heterocycles. The van der Waals surface area contributed by atoms with Gasteiger partial charge in [-0.25, -0.2) is 8.78 Å². The first-order valence-corrected chi connectivity index (χ1v) is 5.57. The standard InChI is InChI=1S/C12H7BrF2O2/c13-12-2-1-11(17-12)10(16)5-7-3-8(14)6-9(15)4-7/h1-4,6H,5H2. The summed E-state index contributed by atoms with van der Waals surface area (Å²) in [6, 6.07) is 6.09. The zero-order valence-electron chi connectivity index (χ0n) is 8.54. The fourth-order valence-corrected chi connectivity index (χ4v) is 1.76. The highest BCUT2D eigenvalue weighted by Crippen LogP contribution is 2.17. The Hall–Kier alpha value is -1.49. The second kappa shape index (κ2) is 4.79. The minimum atomic E-state index is -0.701. The summed E-state index contributed by atoms with van der Waals surface area (Å²) in [5.41, 5.74) is 0.278. The number of Topliss-reactive ketones (excluding diaryl/α,β-unsaturated/α-hetero) is 1. The van der Waals surface area contributed by atoms with Gasteiger partial charge in [-0.1, -0.05) is 0 Å². The van der Waals surface area contributed by atoms with E-state index < -0.39 is 11.6 Å². The van der Waals surface area contributed by atoms with Crippen molar-refractivity contribution in [3.05, 3.63) is 58.0 Å². The molecule has 1 heterocycles. The first-order chi connectivity index (χ1) is 8.04. The number of benzene rings is 1. The highest BCUT2D eigenvalue weighted by Gasteiger charge is 2.12. The van der Waals surface area contributed by atoms with Gasteiger partial charge in [-0.05, 0) is 45.8 Å². The van der Waals surface area contributed by atoms with Gasteiger partial charge in [0, 0.05) is 12.5 Å². The molecule has 1 aromatic heterocycles. The van der Waals surface area contributed by atoms with Crippen LogP contribution in [0.2, 0.25) is 0 Å². The van der Waals surface area contributed by atoms with E-state index in [1.165, 1.54) is 6.07 Å². The lowest BCUT2D eigenvalue weighted by atomic mass is 10.1. The highest BCUT2D eigenvalue weighted by molar-refractivity contribution is 9.10. The van der Waals surface area contributed by atoms with Crippen LogP contribution in [0.1, 0.15) is 16.1 Å². The number of hydrogen-bond donors (Lipinski definition) is 0. The Kier molecular flexibility index (Phi) is 3.38. The molecule has 1 aromatic carbocycles. The van der Waals surface area contributed by atoms with Gasteiger partial charge >= 0.3 is 0 Å². The van der Waals surface area contributed by atoms with Crippen LogP contribution in [0.4, 0.5) is 8.78 Å². The maximum absolute atomic E-state index is 12.9. The molecule has 88 valence electrons. The number of hydrogen-bond acceptors (Lipinski definition) is 2. The molecular weight excluding hydrogens is 294 g/mol. The quantitative estimate of drug-likeness (QED) is 0.808. The van der Waals surface area contributed by atoms with Crippen molar-refractivity contribution < 1.29 is 18.0 Å². The summed E-state index contributed by atoms with van der Waals surface area (Å²) in [4.78, 5) is 11.7. The summed E-state index contributed by atoms with van der Waals surface area (Å²) in [5.74, 6) is -1.58. The predicted octanol–water partition coefficient (Wildman–Crippen LogP) is 3.75. The SMILES string of the molecule is O=C(Cc1cc(F)cc(F)c1)c1ccc(Br)o1. The topological polar surface area (TPSA) is 30.2 Å². The molecule has 0 unspecified atom stereocenters. The summed E-state index contributed by atoms with van der Waals surface area (Å²) in [7, 11) is 0. The molecule has 0 fully saturated rings. The van der Waals surface area contributed by atoms with Crippen LogP contribution in [0.3, 0.4) is 0 Å². The van der Waals surface area contributed by atoms with Gasteiger partial charge in [-0.15, -0.1) is 0 Å². The molecule has 0 aliphatic rings. The van der Waals surface area contributed by atoms with Gasteiger partial charge in [0.25, 0.3) is 0 Å². The molecule has 0 aliphatic carbocycles. The van der Waals surface area contributed by atoms with Crippen molar-refractivity contribution >= 4 is 21.7 Å². The van der Waals surface area contributed by atoms with Crippen molar-refractivity contribution in [2.45, 2.75) is 6.42 Å². The minimum Gasteiger partial charge on any atom is -0.446 e. The second-order valence-electron chi connectivity index (χ2n) is 3.48. The summed E-state index contributed by atoms with van der Waals surface area (Å²) in [6.45, 7) is 0. The minimum absolute atomic E-state index is 0.103. The van der Waals surface area contributed by atoms with Crippen LogP contribution >= 0.6 is 15.9 Å². The molecule has 0 bridgehead atoms. The number of ketones is 1. The molecule has 5 heteroatoms. The average Bonchev–Trinajstić information content (AvgIpc) is 2.63. The largest absolute Gasteiger partial charge is 0.446 e. The lowest BCUT2D eigenvalue weighted by Gasteiger charge is -2.00. The normalized spacial score (nSPS) is 10.5. The van der Waals surface area contributed by atoms with Crippen molar-refractivity contribution in [2.75, 3.05) is 0 Å². The van der Waals surface area contributed by atoms with Crippen LogP contribution in [0.5, 0.6) is 0 Å². The second-order valence-corrected chi connectivity index (χ2v) is 4.26. The molecule has 0 spiro atoms.